The monoisotopic (exact) mass is 455 g/mol. The Balaban J connectivity index is 1.47. The molecule has 1 saturated carbocycles. The molecule has 3 aliphatic rings. The molecule has 33 heavy (non-hydrogen) atoms. The van der Waals surface area contributed by atoms with Gasteiger partial charge in [-0.3, -0.25) is 14.4 Å². The zero-order valence-electron chi connectivity index (χ0n) is 19.3. The molecule has 1 aliphatic carbocycles. The third-order valence-corrected chi connectivity index (χ3v) is 6.52. The van der Waals surface area contributed by atoms with Gasteiger partial charge in [0, 0.05) is 45.8 Å². The average Bonchev–Trinajstić information content (AvgIpc) is 3.59. The van der Waals surface area contributed by atoms with Gasteiger partial charge in [-0.25, -0.2) is 0 Å². The molecule has 3 amide bonds. The summed E-state index contributed by atoms with van der Waals surface area (Å²) in [4.78, 5) is 43.8. The minimum absolute atomic E-state index is 0.00175. The molecule has 0 spiro atoms. The van der Waals surface area contributed by atoms with Crippen LogP contribution in [0.3, 0.4) is 0 Å². The quantitative estimate of drug-likeness (QED) is 0.530. The van der Waals surface area contributed by atoms with Gasteiger partial charge in [-0.15, -0.1) is 6.58 Å². The smallest absolute Gasteiger partial charge is 0.242 e. The summed E-state index contributed by atoms with van der Waals surface area (Å²) < 4.78 is 11.5. The molecular weight excluding hydrogens is 422 g/mol. The van der Waals surface area contributed by atoms with Gasteiger partial charge in [-0.1, -0.05) is 18.2 Å². The van der Waals surface area contributed by atoms with Crippen LogP contribution in [0.25, 0.3) is 0 Å². The van der Waals surface area contributed by atoms with Gasteiger partial charge in [0.15, 0.2) is 0 Å². The zero-order valence-corrected chi connectivity index (χ0v) is 19.3. The third-order valence-electron chi connectivity index (χ3n) is 6.52. The summed E-state index contributed by atoms with van der Waals surface area (Å²) in [5.74, 6) is 0.584. The predicted octanol–water partition coefficient (Wildman–Crippen LogP) is 1.70. The number of benzene rings is 1. The summed E-state index contributed by atoms with van der Waals surface area (Å²) in [6.45, 7) is 6.35. The Labute approximate surface area is 195 Å². The van der Waals surface area contributed by atoms with E-state index in [2.05, 4.69) is 6.58 Å². The van der Waals surface area contributed by atoms with Crippen LogP contribution >= 0.6 is 0 Å². The van der Waals surface area contributed by atoms with Crippen molar-refractivity contribution in [3.8, 4) is 5.75 Å². The van der Waals surface area contributed by atoms with Crippen molar-refractivity contribution in [1.82, 2.24) is 14.7 Å². The highest BCUT2D eigenvalue weighted by Crippen LogP contribution is 2.30. The van der Waals surface area contributed by atoms with E-state index < -0.39 is 5.92 Å². The third kappa shape index (κ3) is 5.93. The lowest BCUT2D eigenvalue weighted by Crippen LogP contribution is -2.43. The van der Waals surface area contributed by atoms with Crippen LogP contribution in [-0.2, 0) is 25.7 Å². The second-order valence-corrected chi connectivity index (χ2v) is 9.23. The molecular formula is C25H33N3O5. The summed E-state index contributed by atoms with van der Waals surface area (Å²) in [7, 11) is 1.62. The van der Waals surface area contributed by atoms with E-state index in [1.165, 1.54) is 12.8 Å². The van der Waals surface area contributed by atoms with Gasteiger partial charge >= 0.3 is 0 Å². The molecule has 2 saturated heterocycles. The Morgan fingerprint density at radius 3 is 2.70 bits per heavy atom. The first-order chi connectivity index (χ1) is 16.0. The Hall–Kier alpha value is -2.87. The van der Waals surface area contributed by atoms with E-state index in [-0.39, 0.29) is 36.8 Å². The number of likely N-dealkylation sites (tertiary alicyclic amines) is 1. The number of carbonyl (C=O) groups excluding carboxylic acids is 3. The maximum absolute atomic E-state index is 13.3. The largest absolute Gasteiger partial charge is 0.497 e. The molecule has 2 aliphatic heterocycles. The standard InChI is InChI=1S/C25H33N3O5/c1-3-9-26-13-20(11-23(26)29)25(31)28-15-22(33-17-18-7-8-18)14-27(24(30)16-28)12-19-5-4-6-21(10-19)32-2/h3-6,10,18,20,22H,1,7-9,11-17H2,2H3/t20-,22-/m0/s1. The average molecular weight is 456 g/mol. The van der Waals surface area contributed by atoms with E-state index in [0.717, 1.165) is 11.3 Å². The molecule has 0 bridgehead atoms. The van der Waals surface area contributed by atoms with E-state index in [9.17, 15) is 14.4 Å². The van der Waals surface area contributed by atoms with Crippen molar-refractivity contribution < 1.29 is 23.9 Å². The van der Waals surface area contributed by atoms with Crippen LogP contribution < -0.4 is 4.74 Å². The van der Waals surface area contributed by atoms with Gasteiger partial charge in [0.05, 0.1) is 25.7 Å². The first-order valence-corrected chi connectivity index (χ1v) is 11.7. The number of amides is 3. The van der Waals surface area contributed by atoms with Crippen molar-refractivity contribution in [2.75, 3.05) is 46.4 Å². The molecule has 1 aromatic carbocycles. The Morgan fingerprint density at radius 2 is 1.97 bits per heavy atom. The molecule has 8 heteroatoms. The second-order valence-electron chi connectivity index (χ2n) is 9.23. The highest BCUT2D eigenvalue weighted by Gasteiger charge is 2.39. The van der Waals surface area contributed by atoms with E-state index in [1.54, 1.807) is 27.9 Å². The molecule has 4 rings (SSSR count). The molecule has 0 radical (unpaired) electrons. The lowest BCUT2D eigenvalue weighted by atomic mass is 10.1. The second kappa shape index (κ2) is 10.4. The summed E-state index contributed by atoms with van der Waals surface area (Å²) in [6.07, 6.45) is 3.93. The Kier molecular flexibility index (Phi) is 7.33. The number of hydrogen-bond acceptors (Lipinski definition) is 5. The zero-order chi connectivity index (χ0) is 23.4. The highest BCUT2D eigenvalue weighted by molar-refractivity contribution is 5.91. The predicted molar refractivity (Wildman–Crippen MR) is 122 cm³/mol. The van der Waals surface area contributed by atoms with Gasteiger partial charge in [-0.05, 0) is 36.5 Å². The van der Waals surface area contributed by atoms with Gasteiger partial charge in [0.1, 0.15) is 5.75 Å². The summed E-state index contributed by atoms with van der Waals surface area (Å²) in [5, 5.41) is 0. The van der Waals surface area contributed by atoms with Crippen molar-refractivity contribution in [3.05, 3.63) is 42.5 Å². The van der Waals surface area contributed by atoms with Crippen LogP contribution in [0.4, 0.5) is 0 Å². The van der Waals surface area contributed by atoms with Crippen molar-refractivity contribution in [1.29, 1.82) is 0 Å². The van der Waals surface area contributed by atoms with Gasteiger partial charge in [-0.2, -0.15) is 0 Å². The number of ether oxygens (including phenoxy) is 2. The topological polar surface area (TPSA) is 79.4 Å². The number of rotatable bonds is 9. The van der Waals surface area contributed by atoms with Gasteiger partial charge < -0.3 is 24.2 Å². The summed E-state index contributed by atoms with van der Waals surface area (Å²) in [6, 6.07) is 7.65. The minimum Gasteiger partial charge on any atom is -0.497 e. The number of methoxy groups -OCH3 is 1. The highest BCUT2D eigenvalue weighted by atomic mass is 16.5. The molecule has 0 aromatic heterocycles. The SMILES string of the molecule is C=CCN1C[C@@H](C(=O)N2CC(=O)N(Cc3cccc(OC)c3)C[C@H](OCC3CC3)C2)CC1=O. The maximum atomic E-state index is 13.3. The van der Waals surface area contributed by atoms with Crippen LogP contribution in [-0.4, -0.2) is 85.0 Å². The van der Waals surface area contributed by atoms with E-state index in [0.29, 0.717) is 45.2 Å². The summed E-state index contributed by atoms with van der Waals surface area (Å²) >= 11 is 0. The van der Waals surface area contributed by atoms with Crippen molar-refractivity contribution >= 4 is 17.7 Å². The first-order valence-electron chi connectivity index (χ1n) is 11.7. The van der Waals surface area contributed by atoms with Crippen LogP contribution in [0.15, 0.2) is 36.9 Å². The van der Waals surface area contributed by atoms with E-state index in [4.69, 9.17) is 9.47 Å². The number of nitrogens with zero attached hydrogens (tertiary/aromatic N) is 3. The maximum Gasteiger partial charge on any atom is 0.242 e. The first kappa shape index (κ1) is 23.3. The van der Waals surface area contributed by atoms with Crippen LogP contribution in [0.1, 0.15) is 24.8 Å². The Bertz CT molecular complexity index is 900. The normalized spacial score (nSPS) is 23.6. The number of hydrogen-bond donors (Lipinski definition) is 0. The van der Waals surface area contributed by atoms with E-state index >= 15 is 0 Å². The fraction of sp³-hybridized carbons (Fsp3) is 0.560. The molecule has 2 atom stereocenters. The van der Waals surface area contributed by atoms with E-state index in [1.807, 2.05) is 24.3 Å². The van der Waals surface area contributed by atoms with Gasteiger partial charge in [0.25, 0.3) is 0 Å². The van der Waals surface area contributed by atoms with Crippen molar-refractivity contribution in [2.24, 2.45) is 11.8 Å². The van der Waals surface area contributed by atoms with Crippen LogP contribution in [0.2, 0.25) is 0 Å². The fourth-order valence-corrected chi connectivity index (χ4v) is 4.48. The van der Waals surface area contributed by atoms with Crippen LogP contribution in [0, 0.1) is 11.8 Å². The van der Waals surface area contributed by atoms with Gasteiger partial charge in [0.2, 0.25) is 17.7 Å². The lowest BCUT2D eigenvalue weighted by Gasteiger charge is -2.26. The van der Waals surface area contributed by atoms with Crippen molar-refractivity contribution in [3.63, 3.8) is 0 Å². The fourth-order valence-electron chi connectivity index (χ4n) is 4.48. The van der Waals surface area contributed by atoms with Crippen molar-refractivity contribution in [2.45, 2.75) is 31.9 Å². The molecule has 3 fully saturated rings. The summed E-state index contributed by atoms with van der Waals surface area (Å²) in [5.41, 5.74) is 0.963. The van der Waals surface area contributed by atoms with Crippen LogP contribution in [0.5, 0.6) is 5.75 Å². The lowest BCUT2D eigenvalue weighted by molar-refractivity contribution is -0.141. The minimum atomic E-state index is -0.431. The molecule has 0 unspecified atom stereocenters. The molecule has 1 aromatic rings. The molecule has 0 N–H and O–H groups in total. The molecule has 8 nitrogen and oxygen atoms in total. The number of carbonyl (C=O) groups is 3. The molecule has 2 heterocycles. The Morgan fingerprint density at radius 1 is 1.15 bits per heavy atom. The molecule has 178 valence electrons.